The van der Waals surface area contributed by atoms with Crippen molar-refractivity contribution < 1.29 is 9.53 Å². The standard InChI is InChI=1S/C17H20N2O4S/c1-10-12(9-20)24-15-13(10)14(21)19(17(2)5-6-17)16(22)18(15)8-11-4-3-7-23-11/h9,11H,3-8H2,1-2H3. The second-order valence-corrected chi connectivity index (χ2v) is 8.09. The normalized spacial score (nSPS) is 22.2. The van der Waals surface area contributed by atoms with Gasteiger partial charge in [-0.1, -0.05) is 0 Å². The summed E-state index contributed by atoms with van der Waals surface area (Å²) in [6, 6.07) is 0. The number of aryl methyl sites for hydroxylation is 1. The van der Waals surface area contributed by atoms with Crippen molar-refractivity contribution in [3.05, 3.63) is 31.3 Å². The van der Waals surface area contributed by atoms with Crippen molar-refractivity contribution in [3.8, 4) is 0 Å². The highest BCUT2D eigenvalue weighted by Gasteiger charge is 2.43. The van der Waals surface area contributed by atoms with Crippen molar-refractivity contribution in [1.82, 2.24) is 9.13 Å². The lowest BCUT2D eigenvalue weighted by Gasteiger charge is -2.18. The number of hydrogen-bond donors (Lipinski definition) is 0. The molecule has 0 radical (unpaired) electrons. The summed E-state index contributed by atoms with van der Waals surface area (Å²) in [7, 11) is 0. The van der Waals surface area contributed by atoms with Gasteiger partial charge in [0, 0.05) is 6.61 Å². The van der Waals surface area contributed by atoms with Crippen LogP contribution in [0.1, 0.15) is 47.8 Å². The van der Waals surface area contributed by atoms with E-state index in [1.165, 1.54) is 15.9 Å². The van der Waals surface area contributed by atoms with E-state index in [-0.39, 0.29) is 17.4 Å². The first kappa shape index (κ1) is 15.8. The van der Waals surface area contributed by atoms with E-state index in [0.29, 0.717) is 33.8 Å². The molecular formula is C17H20N2O4S. The number of rotatable bonds is 4. The van der Waals surface area contributed by atoms with E-state index in [9.17, 15) is 14.4 Å². The topological polar surface area (TPSA) is 70.3 Å². The molecular weight excluding hydrogens is 328 g/mol. The maximum atomic E-state index is 13.1. The van der Waals surface area contributed by atoms with Crippen LogP contribution in [0.5, 0.6) is 0 Å². The molecule has 1 saturated heterocycles. The fourth-order valence-electron chi connectivity index (χ4n) is 3.51. The van der Waals surface area contributed by atoms with Crippen LogP contribution < -0.4 is 11.2 Å². The van der Waals surface area contributed by atoms with Gasteiger partial charge in [0.05, 0.1) is 28.5 Å². The van der Waals surface area contributed by atoms with Crippen LogP contribution >= 0.6 is 11.3 Å². The monoisotopic (exact) mass is 348 g/mol. The van der Waals surface area contributed by atoms with Crippen molar-refractivity contribution in [2.45, 2.75) is 57.7 Å². The van der Waals surface area contributed by atoms with Gasteiger partial charge in [-0.3, -0.25) is 18.7 Å². The molecule has 0 amide bonds. The molecule has 2 aromatic rings. The Morgan fingerprint density at radius 2 is 2.12 bits per heavy atom. The molecule has 6 nitrogen and oxygen atoms in total. The molecule has 24 heavy (non-hydrogen) atoms. The van der Waals surface area contributed by atoms with Crippen LogP contribution in [0.15, 0.2) is 9.59 Å². The smallest absolute Gasteiger partial charge is 0.332 e. The number of fused-ring (bicyclic) bond motifs is 1. The van der Waals surface area contributed by atoms with Crippen molar-refractivity contribution in [3.63, 3.8) is 0 Å². The zero-order chi connectivity index (χ0) is 17.1. The van der Waals surface area contributed by atoms with Gasteiger partial charge in [0.15, 0.2) is 6.29 Å². The van der Waals surface area contributed by atoms with Crippen molar-refractivity contribution in [1.29, 1.82) is 0 Å². The molecule has 2 aromatic heterocycles. The van der Waals surface area contributed by atoms with Crippen LogP contribution in [0.3, 0.4) is 0 Å². The van der Waals surface area contributed by atoms with E-state index in [4.69, 9.17) is 4.74 Å². The van der Waals surface area contributed by atoms with Gasteiger partial charge >= 0.3 is 5.69 Å². The van der Waals surface area contributed by atoms with E-state index in [0.717, 1.165) is 32.0 Å². The van der Waals surface area contributed by atoms with E-state index in [1.54, 1.807) is 11.5 Å². The van der Waals surface area contributed by atoms with E-state index in [2.05, 4.69) is 0 Å². The summed E-state index contributed by atoms with van der Waals surface area (Å²) in [5.74, 6) is 0. The fraction of sp³-hybridized carbons (Fsp3) is 0.588. The number of carbonyl (C=O) groups excluding carboxylic acids is 1. The Labute approximate surface area is 142 Å². The summed E-state index contributed by atoms with van der Waals surface area (Å²) < 4.78 is 8.74. The van der Waals surface area contributed by atoms with Crippen LogP contribution in [-0.4, -0.2) is 28.1 Å². The molecule has 1 aliphatic carbocycles. The summed E-state index contributed by atoms with van der Waals surface area (Å²) in [4.78, 5) is 38.5. The molecule has 1 unspecified atom stereocenters. The number of carbonyl (C=O) groups is 1. The van der Waals surface area contributed by atoms with Gasteiger partial charge in [-0.05, 0) is 45.1 Å². The zero-order valence-electron chi connectivity index (χ0n) is 13.8. The highest BCUT2D eigenvalue weighted by molar-refractivity contribution is 7.20. The molecule has 1 atom stereocenters. The summed E-state index contributed by atoms with van der Waals surface area (Å²) >= 11 is 1.23. The SMILES string of the molecule is Cc1c(C=O)sc2c1c(=O)n(C1(C)CC1)c(=O)n2CC1CCCO1. The first-order chi connectivity index (χ1) is 11.5. The third-order valence-corrected chi connectivity index (χ3v) is 6.52. The Bertz CT molecular complexity index is 942. The largest absolute Gasteiger partial charge is 0.376 e. The molecule has 7 heteroatoms. The third-order valence-electron chi connectivity index (χ3n) is 5.28. The molecule has 3 heterocycles. The molecule has 0 N–H and O–H groups in total. The first-order valence-corrected chi connectivity index (χ1v) is 9.14. The minimum atomic E-state index is -0.393. The Balaban J connectivity index is 2.03. The van der Waals surface area contributed by atoms with Crippen LogP contribution in [-0.2, 0) is 16.8 Å². The average Bonchev–Trinajstić information content (AvgIpc) is 2.98. The summed E-state index contributed by atoms with van der Waals surface area (Å²) in [6.45, 7) is 4.87. The van der Waals surface area contributed by atoms with Gasteiger partial charge in [0.25, 0.3) is 5.56 Å². The number of aromatic nitrogens is 2. The molecule has 128 valence electrons. The van der Waals surface area contributed by atoms with Crippen LogP contribution in [0, 0.1) is 6.92 Å². The maximum Gasteiger partial charge on any atom is 0.332 e. The van der Waals surface area contributed by atoms with Gasteiger partial charge in [-0.15, -0.1) is 11.3 Å². The third kappa shape index (κ3) is 2.22. The van der Waals surface area contributed by atoms with Crippen molar-refractivity contribution >= 4 is 27.8 Å². The van der Waals surface area contributed by atoms with Crippen molar-refractivity contribution in [2.24, 2.45) is 0 Å². The molecule has 0 bridgehead atoms. The Morgan fingerprint density at radius 3 is 2.71 bits per heavy atom. The molecule has 0 aromatic carbocycles. The minimum absolute atomic E-state index is 0.00838. The summed E-state index contributed by atoms with van der Waals surface area (Å²) in [6.07, 6.45) is 4.32. The van der Waals surface area contributed by atoms with E-state index >= 15 is 0 Å². The number of aldehydes is 1. The molecule has 2 fully saturated rings. The Morgan fingerprint density at radius 1 is 1.38 bits per heavy atom. The quantitative estimate of drug-likeness (QED) is 0.793. The van der Waals surface area contributed by atoms with Gasteiger partial charge in [0.1, 0.15) is 4.83 Å². The first-order valence-electron chi connectivity index (χ1n) is 8.32. The van der Waals surface area contributed by atoms with Gasteiger partial charge < -0.3 is 4.74 Å². The molecule has 1 saturated carbocycles. The Kier molecular flexibility index (Phi) is 3.54. The number of nitrogens with zero attached hydrogens (tertiary/aromatic N) is 2. The second-order valence-electron chi connectivity index (χ2n) is 7.06. The highest BCUT2D eigenvalue weighted by atomic mass is 32.1. The van der Waals surface area contributed by atoms with Crippen LogP contribution in [0.4, 0.5) is 0 Å². The molecule has 0 spiro atoms. The van der Waals surface area contributed by atoms with Crippen LogP contribution in [0.25, 0.3) is 10.2 Å². The average molecular weight is 348 g/mol. The van der Waals surface area contributed by atoms with Gasteiger partial charge in [0.2, 0.25) is 0 Å². The molecule has 4 rings (SSSR count). The predicted molar refractivity (Wildman–Crippen MR) is 92.3 cm³/mol. The Hall–Kier alpha value is -1.73. The lowest BCUT2D eigenvalue weighted by molar-refractivity contribution is 0.0964. The predicted octanol–water partition coefficient (Wildman–Crippen LogP) is 2.03. The lowest BCUT2D eigenvalue weighted by atomic mass is 10.2. The minimum Gasteiger partial charge on any atom is -0.376 e. The summed E-state index contributed by atoms with van der Waals surface area (Å²) in [5.41, 5.74) is -0.257. The zero-order valence-corrected chi connectivity index (χ0v) is 14.6. The maximum absolute atomic E-state index is 13.1. The number of thiophene rings is 1. The lowest BCUT2D eigenvalue weighted by Crippen LogP contribution is -2.45. The van der Waals surface area contributed by atoms with Gasteiger partial charge in [-0.2, -0.15) is 0 Å². The van der Waals surface area contributed by atoms with E-state index in [1.807, 2.05) is 6.92 Å². The van der Waals surface area contributed by atoms with E-state index < -0.39 is 5.54 Å². The van der Waals surface area contributed by atoms with Gasteiger partial charge in [-0.25, -0.2) is 4.79 Å². The molecule has 2 aliphatic rings. The number of hydrogen-bond acceptors (Lipinski definition) is 5. The second kappa shape index (κ2) is 5.39. The molecule has 1 aliphatic heterocycles. The number of ether oxygens (including phenoxy) is 1. The summed E-state index contributed by atoms with van der Waals surface area (Å²) in [5, 5.41) is 0.507. The fourth-order valence-corrected chi connectivity index (χ4v) is 4.63. The van der Waals surface area contributed by atoms with Crippen molar-refractivity contribution in [2.75, 3.05) is 6.61 Å². The highest BCUT2D eigenvalue weighted by Crippen LogP contribution is 2.41. The van der Waals surface area contributed by atoms with Crippen LogP contribution in [0.2, 0.25) is 0 Å².